The first-order chi connectivity index (χ1) is 13.1. The number of carbonyl (C=O) groups is 2. The van der Waals surface area contributed by atoms with Crippen LogP contribution in [-0.4, -0.2) is 81.2 Å². The van der Waals surface area contributed by atoms with Crippen LogP contribution in [0.25, 0.3) is 0 Å². The molecule has 0 saturated carbocycles. The number of nitrogens with zero attached hydrogens (tertiary/aromatic N) is 2. The highest BCUT2D eigenvalue weighted by Gasteiger charge is 2.13. The van der Waals surface area contributed by atoms with E-state index in [2.05, 4.69) is 10.2 Å². The molecule has 1 N–H and O–H groups in total. The van der Waals surface area contributed by atoms with Gasteiger partial charge in [-0.25, -0.2) is 0 Å². The van der Waals surface area contributed by atoms with Gasteiger partial charge in [0.2, 0.25) is 11.8 Å². The molecular weight excluding hydrogens is 346 g/mol. The molecule has 0 unspecified atom stereocenters. The molecule has 1 fully saturated rings. The summed E-state index contributed by atoms with van der Waals surface area (Å²) in [4.78, 5) is 27.9. The van der Waals surface area contributed by atoms with E-state index >= 15 is 0 Å². The second kappa shape index (κ2) is 11.6. The van der Waals surface area contributed by atoms with Gasteiger partial charge in [-0.2, -0.15) is 0 Å². The summed E-state index contributed by atoms with van der Waals surface area (Å²) in [6.45, 7) is 7.40. The van der Waals surface area contributed by atoms with E-state index in [1.807, 2.05) is 24.3 Å². The Labute approximate surface area is 161 Å². The van der Waals surface area contributed by atoms with Crippen LogP contribution >= 0.6 is 0 Å². The average molecular weight is 377 g/mol. The fourth-order valence-electron chi connectivity index (χ4n) is 2.99. The van der Waals surface area contributed by atoms with Crippen molar-refractivity contribution in [2.75, 3.05) is 59.6 Å². The molecule has 27 heavy (non-hydrogen) atoms. The Kier molecular flexibility index (Phi) is 9.07. The maximum absolute atomic E-state index is 12.1. The van der Waals surface area contributed by atoms with Crippen LogP contribution in [0.2, 0.25) is 0 Å². The summed E-state index contributed by atoms with van der Waals surface area (Å²) in [5.41, 5.74) is 1.14. The molecule has 7 heteroatoms. The number of ether oxygens (including phenoxy) is 2. The number of morpholine rings is 1. The molecule has 150 valence electrons. The Morgan fingerprint density at radius 3 is 2.52 bits per heavy atom. The van der Waals surface area contributed by atoms with Gasteiger partial charge in [0, 0.05) is 52.6 Å². The monoisotopic (exact) mass is 377 g/mol. The van der Waals surface area contributed by atoms with Crippen LogP contribution in [0.1, 0.15) is 18.9 Å². The van der Waals surface area contributed by atoms with Crippen molar-refractivity contribution in [3.05, 3.63) is 29.8 Å². The molecule has 1 aliphatic rings. The van der Waals surface area contributed by atoms with Crippen molar-refractivity contribution < 1.29 is 19.1 Å². The van der Waals surface area contributed by atoms with Crippen LogP contribution in [0.3, 0.4) is 0 Å². The van der Waals surface area contributed by atoms with E-state index in [1.54, 1.807) is 18.9 Å². The number of methoxy groups -OCH3 is 1. The van der Waals surface area contributed by atoms with Crippen LogP contribution in [0.5, 0.6) is 5.75 Å². The quantitative estimate of drug-likeness (QED) is 0.657. The molecule has 1 aliphatic heterocycles. The number of hydrogen-bond acceptors (Lipinski definition) is 5. The highest BCUT2D eigenvalue weighted by atomic mass is 16.5. The molecule has 1 heterocycles. The second-order valence-electron chi connectivity index (χ2n) is 6.66. The van der Waals surface area contributed by atoms with Crippen molar-refractivity contribution in [1.29, 1.82) is 0 Å². The smallest absolute Gasteiger partial charge is 0.221 e. The largest absolute Gasteiger partial charge is 0.497 e. The van der Waals surface area contributed by atoms with Crippen LogP contribution < -0.4 is 10.1 Å². The van der Waals surface area contributed by atoms with E-state index in [4.69, 9.17) is 9.47 Å². The Balaban J connectivity index is 1.66. The van der Waals surface area contributed by atoms with Crippen molar-refractivity contribution in [3.8, 4) is 5.75 Å². The van der Waals surface area contributed by atoms with Crippen LogP contribution in [-0.2, 0) is 20.7 Å². The van der Waals surface area contributed by atoms with Gasteiger partial charge in [-0.3, -0.25) is 14.5 Å². The van der Waals surface area contributed by atoms with Crippen molar-refractivity contribution >= 4 is 11.8 Å². The van der Waals surface area contributed by atoms with Gasteiger partial charge in [0.25, 0.3) is 0 Å². The number of carbonyl (C=O) groups excluding carboxylic acids is 2. The normalized spacial score (nSPS) is 14.6. The summed E-state index contributed by atoms with van der Waals surface area (Å²) < 4.78 is 10.5. The predicted octanol–water partition coefficient (Wildman–Crippen LogP) is 0.925. The van der Waals surface area contributed by atoms with Gasteiger partial charge in [0.05, 0.1) is 20.3 Å². The Morgan fingerprint density at radius 2 is 1.89 bits per heavy atom. The molecular formula is C20H31N3O4. The lowest BCUT2D eigenvalue weighted by atomic mass is 10.1. The molecule has 0 atom stereocenters. The maximum atomic E-state index is 12.1. The molecule has 0 bridgehead atoms. The van der Waals surface area contributed by atoms with Crippen LogP contribution in [0.4, 0.5) is 0 Å². The minimum absolute atomic E-state index is 0.00960. The lowest BCUT2D eigenvalue weighted by molar-refractivity contribution is -0.129. The lowest BCUT2D eigenvalue weighted by Crippen LogP contribution is -2.42. The summed E-state index contributed by atoms with van der Waals surface area (Å²) in [5, 5.41) is 2.94. The van der Waals surface area contributed by atoms with Gasteiger partial charge in [-0.1, -0.05) is 12.1 Å². The summed E-state index contributed by atoms with van der Waals surface area (Å²) in [7, 11) is 1.64. The maximum Gasteiger partial charge on any atom is 0.221 e. The summed E-state index contributed by atoms with van der Waals surface area (Å²) in [6, 6.07) is 7.82. The first-order valence-electron chi connectivity index (χ1n) is 9.53. The minimum atomic E-state index is -0.0149. The third-order valence-electron chi connectivity index (χ3n) is 4.74. The number of hydrogen-bond donors (Lipinski definition) is 1. The molecule has 1 aromatic carbocycles. The molecule has 0 aliphatic carbocycles. The molecule has 2 rings (SSSR count). The van der Waals surface area contributed by atoms with Crippen molar-refractivity contribution in [2.45, 2.75) is 19.8 Å². The van der Waals surface area contributed by atoms with Gasteiger partial charge >= 0.3 is 0 Å². The first kappa shape index (κ1) is 21.2. The minimum Gasteiger partial charge on any atom is -0.497 e. The van der Waals surface area contributed by atoms with E-state index in [0.717, 1.165) is 50.6 Å². The predicted molar refractivity (Wildman–Crippen MR) is 104 cm³/mol. The van der Waals surface area contributed by atoms with Gasteiger partial charge in [0.15, 0.2) is 0 Å². The molecule has 0 radical (unpaired) electrons. The molecule has 0 spiro atoms. The van der Waals surface area contributed by atoms with Gasteiger partial charge in [0.1, 0.15) is 5.75 Å². The van der Waals surface area contributed by atoms with E-state index in [1.165, 1.54) is 0 Å². The van der Waals surface area contributed by atoms with Gasteiger partial charge < -0.3 is 19.7 Å². The Hall–Kier alpha value is -2.12. The zero-order chi connectivity index (χ0) is 19.5. The average Bonchev–Trinajstić information content (AvgIpc) is 2.69. The third kappa shape index (κ3) is 7.97. The fourth-order valence-corrected chi connectivity index (χ4v) is 2.99. The summed E-state index contributed by atoms with van der Waals surface area (Å²) in [6.07, 6.45) is 1.08. The lowest BCUT2D eigenvalue weighted by Gasteiger charge is -2.26. The summed E-state index contributed by atoms with van der Waals surface area (Å²) >= 11 is 0. The van der Waals surface area contributed by atoms with Crippen molar-refractivity contribution in [3.63, 3.8) is 0 Å². The SMILES string of the molecule is COc1ccc(CCN(CCC(=O)NCCN2CCOCC2)C(C)=O)cc1. The van der Waals surface area contributed by atoms with Gasteiger partial charge in [-0.05, 0) is 24.1 Å². The van der Waals surface area contributed by atoms with E-state index < -0.39 is 0 Å². The molecule has 2 amide bonds. The van der Waals surface area contributed by atoms with Crippen molar-refractivity contribution in [2.24, 2.45) is 0 Å². The zero-order valence-electron chi connectivity index (χ0n) is 16.4. The number of rotatable bonds is 10. The third-order valence-corrected chi connectivity index (χ3v) is 4.74. The number of amides is 2. The molecule has 1 saturated heterocycles. The van der Waals surface area contributed by atoms with E-state index in [9.17, 15) is 9.59 Å². The van der Waals surface area contributed by atoms with Crippen LogP contribution in [0, 0.1) is 0 Å². The van der Waals surface area contributed by atoms with Crippen LogP contribution in [0.15, 0.2) is 24.3 Å². The molecule has 1 aromatic rings. The number of benzene rings is 1. The Morgan fingerprint density at radius 1 is 1.19 bits per heavy atom. The Bertz CT molecular complexity index is 585. The van der Waals surface area contributed by atoms with E-state index in [0.29, 0.717) is 26.1 Å². The highest BCUT2D eigenvalue weighted by molar-refractivity contribution is 5.78. The zero-order valence-corrected chi connectivity index (χ0v) is 16.4. The molecule has 7 nitrogen and oxygen atoms in total. The van der Waals surface area contributed by atoms with Crippen molar-refractivity contribution in [1.82, 2.24) is 15.1 Å². The summed E-state index contributed by atoms with van der Waals surface area (Å²) in [5.74, 6) is 0.791. The molecule has 0 aromatic heterocycles. The first-order valence-corrected chi connectivity index (χ1v) is 9.53. The standard InChI is InChI=1S/C20H31N3O4/c1-17(24)23(10-7-18-3-5-19(26-2)6-4-18)11-8-20(25)21-9-12-22-13-15-27-16-14-22/h3-6H,7-16H2,1-2H3,(H,21,25). The topological polar surface area (TPSA) is 71.1 Å². The fraction of sp³-hybridized carbons (Fsp3) is 0.600. The second-order valence-corrected chi connectivity index (χ2v) is 6.66. The number of nitrogens with one attached hydrogen (secondary N) is 1. The van der Waals surface area contributed by atoms with Gasteiger partial charge in [-0.15, -0.1) is 0 Å². The van der Waals surface area contributed by atoms with E-state index in [-0.39, 0.29) is 11.8 Å². The highest BCUT2D eigenvalue weighted by Crippen LogP contribution is 2.12.